The van der Waals surface area contributed by atoms with E-state index < -0.39 is 0 Å². The Hall–Kier alpha value is -0.700. The third kappa shape index (κ3) is 2.91. The highest BCUT2D eigenvalue weighted by Gasteiger charge is 2.30. The molecule has 16 heavy (non-hydrogen) atoms. The van der Waals surface area contributed by atoms with Crippen LogP contribution < -0.4 is 0 Å². The second-order valence-electron chi connectivity index (χ2n) is 5.51. The fourth-order valence-corrected chi connectivity index (χ4v) is 2.98. The molecular weight excluding hydrogens is 218 g/mol. The van der Waals surface area contributed by atoms with E-state index in [0.717, 1.165) is 17.8 Å². The molecule has 2 nitrogen and oxygen atoms in total. The lowest BCUT2D eigenvalue weighted by Crippen LogP contribution is -2.27. The molecule has 0 aliphatic heterocycles. The minimum atomic E-state index is 0.289. The van der Waals surface area contributed by atoms with E-state index in [0.29, 0.717) is 17.6 Å². The van der Waals surface area contributed by atoms with Gasteiger partial charge in [-0.05, 0) is 31.1 Å². The van der Waals surface area contributed by atoms with E-state index in [1.54, 1.807) is 17.5 Å². The van der Waals surface area contributed by atoms with Crippen molar-refractivity contribution in [2.75, 3.05) is 0 Å². The standard InChI is InChI=1S/C13H19NOS/c1-13(2)5-3-10(4-6-13)11(15)9-12-14-7-8-16-12/h7-8,10H,3-6,9H2,1-2H3. The average molecular weight is 237 g/mol. The molecule has 0 saturated heterocycles. The zero-order chi connectivity index (χ0) is 11.6. The zero-order valence-corrected chi connectivity index (χ0v) is 10.8. The summed E-state index contributed by atoms with van der Waals surface area (Å²) in [6, 6.07) is 0. The van der Waals surface area contributed by atoms with Crippen LogP contribution in [0.5, 0.6) is 0 Å². The number of ketones is 1. The largest absolute Gasteiger partial charge is 0.299 e. The molecule has 1 heterocycles. The second kappa shape index (κ2) is 4.66. The van der Waals surface area contributed by atoms with Crippen molar-refractivity contribution in [3.05, 3.63) is 16.6 Å². The highest BCUT2D eigenvalue weighted by molar-refractivity contribution is 7.09. The number of Topliss-reactive ketones (excluding diaryl/α,β-unsaturated/α-hetero) is 1. The van der Waals surface area contributed by atoms with Crippen molar-refractivity contribution < 1.29 is 4.79 Å². The maximum atomic E-state index is 12.0. The lowest BCUT2D eigenvalue weighted by molar-refractivity contribution is -0.123. The van der Waals surface area contributed by atoms with Gasteiger partial charge in [0.1, 0.15) is 5.78 Å². The van der Waals surface area contributed by atoms with Crippen LogP contribution >= 0.6 is 11.3 Å². The van der Waals surface area contributed by atoms with E-state index in [-0.39, 0.29) is 5.92 Å². The summed E-state index contributed by atoms with van der Waals surface area (Å²) in [6.07, 6.45) is 6.82. The van der Waals surface area contributed by atoms with E-state index in [2.05, 4.69) is 18.8 Å². The fraction of sp³-hybridized carbons (Fsp3) is 0.692. The van der Waals surface area contributed by atoms with Gasteiger partial charge in [0.2, 0.25) is 0 Å². The molecular formula is C13H19NOS. The molecule has 1 aliphatic carbocycles. The van der Waals surface area contributed by atoms with Crippen LogP contribution in [0.4, 0.5) is 0 Å². The third-order valence-corrected chi connectivity index (χ3v) is 4.38. The molecule has 1 fully saturated rings. The van der Waals surface area contributed by atoms with E-state index in [4.69, 9.17) is 0 Å². The van der Waals surface area contributed by atoms with Gasteiger partial charge in [0.15, 0.2) is 0 Å². The molecule has 0 aromatic carbocycles. The third-order valence-electron chi connectivity index (χ3n) is 3.60. The molecule has 0 atom stereocenters. The SMILES string of the molecule is CC1(C)CCC(C(=O)Cc2nccs2)CC1. The number of thiazole rings is 1. The van der Waals surface area contributed by atoms with Crippen molar-refractivity contribution in [2.45, 2.75) is 46.0 Å². The first kappa shape index (κ1) is 11.8. The molecule has 0 amide bonds. The summed E-state index contributed by atoms with van der Waals surface area (Å²) >= 11 is 1.58. The highest BCUT2D eigenvalue weighted by Crippen LogP contribution is 2.38. The summed E-state index contributed by atoms with van der Waals surface area (Å²) in [6.45, 7) is 4.60. The van der Waals surface area contributed by atoms with Gasteiger partial charge < -0.3 is 0 Å². The Bertz CT molecular complexity index is 346. The summed E-state index contributed by atoms with van der Waals surface area (Å²) in [7, 11) is 0. The molecule has 0 unspecified atom stereocenters. The minimum absolute atomic E-state index is 0.289. The van der Waals surface area contributed by atoms with Gasteiger partial charge in [-0.25, -0.2) is 4.98 Å². The van der Waals surface area contributed by atoms with Crippen LogP contribution in [-0.2, 0) is 11.2 Å². The lowest BCUT2D eigenvalue weighted by atomic mass is 9.72. The van der Waals surface area contributed by atoms with Crippen LogP contribution in [0.15, 0.2) is 11.6 Å². The minimum Gasteiger partial charge on any atom is -0.299 e. The van der Waals surface area contributed by atoms with Crippen molar-refractivity contribution in [3.8, 4) is 0 Å². The van der Waals surface area contributed by atoms with Gasteiger partial charge in [0, 0.05) is 17.5 Å². The Morgan fingerprint density at radius 3 is 2.75 bits per heavy atom. The first-order valence-electron chi connectivity index (χ1n) is 5.98. The number of nitrogens with zero attached hydrogens (tertiary/aromatic N) is 1. The monoisotopic (exact) mass is 237 g/mol. The van der Waals surface area contributed by atoms with Gasteiger partial charge in [0.05, 0.1) is 11.4 Å². The molecule has 0 bridgehead atoms. The fourth-order valence-electron chi connectivity index (χ4n) is 2.35. The van der Waals surface area contributed by atoms with Crippen molar-refractivity contribution in [3.63, 3.8) is 0 Å². The van der Waals surface area contributed by atoms with Gasteiger partial charge >= 0.3 is 0 Å². The molecule has 0 spiro atoms. The van der Waals surface area contributed by atoms with Crippen LogP contribution in [0.2, 0.25) is 0 Å². The Kier molecular flexibility index (Phi) is 3.43. The molecule has 2 rings (SSSR count). The number of carbonyl (C=O) groups excluding carboxylic acids is 1. The van der Waals surface area contributed by atoms with Crippen molar-refractivity contribution in [1.82, 2.24) is 4.98 Å². The maximum absolute atomic E-state index is 12.0. The first-order chi connectivity index (χ1) is 7.57. The summed E-state index contributed by atoms with van der Waals surface area (Å²) < 4.78 is 0. The maximum Gasteiger partial charge on any atom is 0.142 e. The van der Waals surface area contributed by atoms with Crippen molar-refractivity contribution >= 4 is 17.1 Å². The second-order valence-corrected chi connectivity index (χ2v) is 6.49. The van der Waals surface area contributed by atoms with Gasteiger partial charge in [0.25, 0.3) is 0 Å². The van der Waals surface area contributed by atoms with Crippen molar-refractivity contribution in [1.29, 1.82) is 0 Å². The summed E-state index contributed by atoms with van der Waals surface area (Å²) in [4.78, 5) is 16.2. The zero-order valence-electron chi connectivity index (χ0n) is 10.0. The highest BCUT2D eigenvalue weighted by atomic mass is 32.1. The number of aromatic nitrogens is 1. The van der Waals surface area contributed by atoms with E-state index >= 15 is 0 Å². The average Bonchev–Trinajstić information content (AvgIpc) is 2.70. The van der Waals surface area contributed by atoms with E-state index in [1.807, 2.05) is 5.38 Å². The van der Waals surface area contributed by atoms with Crippen LogP contribution in [0.1, 0.15) is 44.5 Å². The van der Waals surface area contributed by atoms with E-state index in [9.17, 15) is 4.79 Å². The molecule has 1 aromatic rings. The normalized spacial score (nSPS) is 20.9. The first-order valence-corrected chi connectivity index (χ1v) is 6.86. The van der Waals surface area contributed by atoms with Crippen LogP contribution in [0.3, 0.4) is 0 Å². The molecule has 3 heteroatoms. The summed E-state index contributed by atoms with van der Waals surface area (Å²) in [5.74, 6) is 0.683. The quantitative estimate of drug-likeness (QED) is 0.805. The predicted molar refractivity (Wildman–Crippen MR) is 66.6 cm³/mol. The van der Waals surface area contributed by atoms with Crippen LogP contribution in [-0.4, -0.2) is 10.8 Å². The van der Waals surface area contributed by atoms with Crippen LogP contribution in [0.25, 0.3) is 0 Å². The predicted octanol–water partition coefficient (Wildman–Crippen LogP) is 3.47. The van der Waals surface area contributed by atoms with Crippen molar-refractivity contribution in [2.24, 2.45) is 11.3 Å². The smallest absolute Gasteiger partial charge is 0.142 e. The Labute approximate surface area is 101 Å². The lowest BCUT2D eigenvalue weighted by Gasteiger charge is -2.33. The number of rotatable bonds is 3. The Balaban J connectivity index is 1.87. The van der Waals surface area contributed by atoms with Gasteiger partial charge in [-0.2, -0.15) is 0 Å². The number of carbonyl (C=O) groups is 1. The Morgan fingerprint density at radius 1 is 1.50 bits per heavy atom. The van der Waals surface area contributed by atoms with Gasteiger partial charge in [-0.3, -0.25) is 4.79 Å². The van der Waals surface area contributed by atoms with Crippen LogP contribution in [0, 0.1) is 11.3 Å². The number of hydrogen-bond donors (Lipinski definition) is 0. The van der Waals surface area contributed by atoms with E-state index in [1.165, 1.54) is 12.8 Å². The molecule has 0 N–H and O–H groups in total. The molecule has 0 radical (unpaired) electrons. The summed E-state index contributed by atoms with van der Waals surface area (Å²) in [5.41, 5.74) is 0.442. The molecule has 1 aliphatic rings. The molecule has 1 aromatic heterocycles. The van der Waals surface area contributed by atoms with Gasteiger partial charge in [-0.15, -0.1) is 11.3 Å². The van der Waals surface area contributed by atoms with Gasteiger partial charge in [-0.1, -0.05) is 13.8 Å². The topological polar surface area (TPSA) is 30.0 Å². The Morgan fingerprint density at radius 2 is 2.19 bits per heavy atom. The summed E-state index contributed by atoms with van der Waals surface area (Å²) in [5, 5.41) is 2.90. The number of hydrogen-bond acceptors (Lipinski definition) is 3. The molecule has 88 valence electrons. The molecule has 1 saturated carbocycles.